The number of hydrogen-bond donors (Lipinski definition) is 2. The average molecular weight is 318 g/mol. The number of aromatic nitrogens is 1. The SMILES string of the molecule is Cc1cc2[nH]c3c(c2cc1C)CCN[C@@H]3C(Cl)(Cl)Cl. The number of halogens is 3. The highest BCUT2D eigenvalue weighted by atomic mass is 35.6. The summed E-state index contributed by atoms with van der Waals surface area (Å²) in [4.78, 5) is 3.42. The van der Waals surface area contributed by atoms with Crippen molar-refractivity contribution in [3.8, 4) is 0 Å². The summed E-state index contributed by atoms with van der Waals surface area (Å²) in [6.45, 7) is 5.06. The van der Waals surface area contributed by atoms with Crippen molar-refractivity contribution in [2.24, 2.45) is 0 Å². The van der Waals surface area contributed by atoms with E-state index < -0.39 is 3.79 Å². The zero-order valence-electron chi connectivity index (χ0n) is 10.8. The first-order chi connectivity index (χ1) is 8.88. The third-order valence-electron chi connectivity index (χ3n) is 3.89. The second kappa shape index (κ2) is 4.56. The van der Waals surface area contributed by atoms with Gasteiger partial charge in [0.15, 0.2) is 0 Å². The van der Waals surface area contributed by atoms with Crippen LogP contribution in [0.4, 0.5) is 0 Å². The summed E-state index contributed by atoms with van der Waals surface area (Å²) in [6.07, 6.45) is 0.953. The summed E-state index contributed by atoms with van der Waals surface area (Å²) >= 11 is 18.2. The van der Waals surface area contributed by atoms with Gasteiger partial charge in [0.25, 0.3) is 0 Å². The summed E-state index contributed by atoms with van der Waals surface area (Å²) in [5.41, 5.74) is 5.96. The molecule has 102 valence electrons. The lowest BCUT2D eigenvalue weighted by molar-refractivity contribution is 0.504. The Morgan fingerprint density at radius 1 is 1.16 bits per heavy atom. The third-order valence-corrected chi connectivity index (χ3v) is 4.55. The molecule has 2 heterocycles. The van der Waals surface area contributed by atoms with Crippen LogP contribution >= 0.6 is 34.8 Å². The average Bonchev–Trinajstić information content (AvgIpc) is 2.66. The molecule has 1 aromatic heterocycles. The van der Waals surface area contributed by atoms with Crippen LogP contribution in [0, 0.1) is 13.8 Å². The van der Waals surface area contributed by atoms with E-state index in [0.29, 0.717) is 0 Å². The van der Waals surface area contributed by atoms with Crippen LogP contribution in [-0.4, -0.2) is 15.3 Å². The van der Waals surface area contributed by atoms with Gasteiger partial charge in [-0.05, 0) is 49.1 Å². The second-order valence-electron chi connectivity index (χ2n) is 5.18. The molecular formula is C14H15Cl3N2. The monoisotopic (exact) mass is 316 g/mol. The van der Waals surface area contributed by atoms with E-state index >= 15 is 0 Å². The molecule has 5 heteroatoms. The molecule has 0 radical (unpaired) electrons. The van der Waals surface area contributed by atoms with Gasteiger partial charge in [-0.2, -0.15) is 0 Å². The normalized spacial score (nSPS) is 19.7. The Bertz CT molecular complexity index is 640. The van der Waals surface area contributed by atoms with Crippen LogP contribution in [-0.2, 0) is 6.42 Å². The predicted octanol–water partition coefficient (Wildman–Crippen LogP) is 4.34. The highest BCUT2D eigenvalue weighted by molar-refractivity contribution is 6.68. The van der Waals surface area contributed by atoms with Gasteiger partial charge in [0.2, 0.25) is 3.79 Å². The van der Waals surface area contributed by atoms with E-state index in [-0.39, 0.29) is 6.04 Å². The van der Waals surface area contributed by atoms with Crippen molar-refractivity contribution >= 4 is 45.7 Å². The highest BCUT2D eigenvalue weighted by Crippen LogP contribution is 2.43. The van der Waals surface area contributed by atoms with Crippen LogP contribution in [0.25, 0.3) is 10.9 Å². The Hall–Kier alpha value is -0.410. The molecule has 0 saturated heterocycles. The fraction of sp³-hybridized carbons (Fsp3) is 0.429. The van der Waals surface area contributed by atoms with Crippen molar-refractivity contribution in [2.45, 2.75) is 30.1 Å². The number of fused-ring (bicyclic) bond motifs is 3. The van der Waals surface area contributed by atoms with Gasteiger partial charge >= 0.3 is 0 Å². The zero-order chi connectivity index (χ0) is 13.8. The quantitative estimate of drug-likeness (QED) is 0.695. The molecule has 0 aliphatic carbocycles. The first kappa shape index (κ1) is 13.6. The predicted molar refractivity (Wildman–Crippen MR) is 82.5 cm³/mol. The summed E-state index contributed by atoms with van der Waals surface area (Å²) in [6, 6.07) is 4.10. The Labute approximate surface area is 127 Å². The molecular weight excluding hydrogens is 303 g/mol. The smallest absolute Gasteiger partial charge is 0.211 e. The van der Waals surface area contributed by atoms with E-state index in [2.05, 4.69) is 36.3 Å². The van der Waals surface area contributed by atoms with Gasteiger partial charge in [-0.1, -0.05) is 34.8 Å². The van der Waals surface area contributed by atoms with Gasteiger partial charge in [0, 0.05) is 23.1 Å². The molecule has 1 atom stereocenters. The Morgan fingerprint density at radius 2 is 1.84 bits per heavy atom. The molecule has 0 spiro atoms. The van der Waals surface area contributed by atoms with Crippen molar-refractivity contribution in [3.63, 3.8) is 0 Å². The van der Waals surface area contributed by atoms with Crippen LogP contribution in [0.5, 0.6) is 0 Å². The minimum absolute atomic E-state index is 0.283. The minimum atomic E-state index is -1.35. The maximum Gasteiger partial charge on any atom is 0.211 e. The lowest BCUT2D eigenvalue weighted by atomic mass is 9.98. The van der Waals surface area contributed by atoms with Gasteiger partial charge in [-0.3, -0.25) is 0 Å². The minimum Gasteiger partial charge on any atom is -0.357 e. The van der Waals surface area contributed by atoms with Crippen LogP contribution in [0.3, 0.4) is 0 Å². The number of benzene rings is 1. The molecule has 2 aromatic rings. The van der Waals surface area contributed by atoms with Crippen molar-refractivity contribution in [1.29, 1.82) is 0 Å². The van der Waals surface area contributed by atoms with Crippen LogP contribution < -0.4 is 5.32 Å². The maximum atomic E-state index is 6.08. The van der Waals surface area contributed by atoms with Crippen molar-refractivity contribution in [1.82, 2.24) is 10.3 Å². The second-order valence-corrected chi connectivity index (χ2v) is 7.55. The summed E-state index contributed by atoms with van der Waals surface area (Å²) in [7, 11) is 0. The topological polar surface area (TPSA) is 27.8 Å². The number of hydrogen-bond acceptors (Lipinski definition) is 1. The van der Waals surface area contributed by atoms with E-state index in [9.17, 15) is 0 Å². The first-order valence-corrected chi connectivity index (χ1v) is 7.43. The zero-order valence-corrected chi connectivity index (χ0v) is 13.0. The van der Waals surface area contributed by atoms with Crippen LogP contribution in [0.15, 0.2) is 12.1 Å². The first-order valence-electron chi connectivity index (χ1n) is 6.29. The molecule has 1 aliphatic rings. The van der Waals surface area contributed by atoms with Gasteiger partial charge in [0.1, 0.15) is 0 Å². The molecule has 0 saturated carbocycles. The number of H-pyrrole nitrogens is 1. The largest absolute Gasteiger partial charge is 0.357 e. The van der Waals surface area contributed by atoms with Gasteiger partial charge in [-0.25, -0.2) is 0 Å². The summed E-state index contributed by atoms with van der Waals surface area (Å²) in [5.74, 6) is 0. The van der Waals surface area contributed by atoms with Gasteiger partial charge in [-0.15, -0.1) is 0 Å². The van der Waals surface area contributed by atoms with Crippen molar-refractivity contribution < 1.29 is 0 Å². The summed E-state index contributed by atoms with van der Waals surface area (Å²) < 4.78 is -1.35. The molecule has 0 fully saturated rings. The number of aromatic amines is 1. The van der Waals surface area contributed by atoms with E-state index in [1.807, 2.05) is 0 Å². The Kier molecular flexibility index (Phi) is 3.25. The molecule has 2 nitrogen and oxygen atoms in total. The van der Waals surface area contributed by atoms with Crippen molar-refractivity contribution in [2.75, 3.05) is 6.54 Å². The number of aryl methyl sites for hydroxylation is 2. The Morgan fingerprint density at radius 3 is 2.53 bits per heavy atom. The molecule has 19 heavy (non-hydrogen) atoms. The lowest BCUT2D eigenvalue weighted by Gasteiger charge is -2.29. The third kappa shape index (κ3) is 2.25. The van der Waals surface area contributed by atoms with Gasteiger partial charge in [0.05, 0.1) is 6.04 Å². The van der Waals surface area contributed by atoms with E-state index in [0.717, 1.165) is 24.2 Å². The molecule has 3 rings (SSSR count). The number of rotatable bonds is 0. The lowest BCUT2D eigenvalue weighted by Crippen LogP contribution is -2.37. The van der Waals surface area contributed by atoms with E-state index in [1.165, 1.54) is 22.1 Å². The van der Waals surface area contributed by atoms with Crippen LogP contribution in [0.1, 0.15) is 28.4 Å². The molecule has 0 amide bonds. The fourth-order valence-electron chi connectivity index (χ4n) is 2.77. The van der Waals surface area contributed by atoms with E-state index in [4.69, 9.17) is 34.8 Å². The molecule has 0 bridgehead atoms. The standard InChI is InChI=1S/C14H15Cl3N2/c1-7-5-10-9-3-4-18-13(14(15,16)17)12(9)19-11(10)6-8(7)2/h5-6,13,18-19H,3-4H2,1-2H3/t13-/m0/s1. The van der Waals surface area contributed by atoms with E-state index in [1.54, 1.807) is 0 Å². The van der Waals surface area contributed by atoms with Crippen molar-refractivity contribution in [3.05, 3.63) is 34.5 Å². The Balaban J connectivity index is 2.24. The van der Waals surface area contributed by atoms with Gasteiger partial charge < -0.3 is 10.3 Å². The molecule has 0 unspecified atom stereocenters. The fourth-order valence-corrected chi connectivity index (χ4v) is 3.33. The molecule has 1 aliphatic heterocycles. The van der Waals surface area contributed by atoms with Crippen LogP contribution in [0.2, 0.25) is 0 Å². The molecule has 2 N–H and O–H groups in total. The maximum absolute atomic E-state index is 6.08. The number of nitrogens with one attached hydrogen (secondary N) is 2. The number of alkyl halides is 3. The highest BCUT2D eigenvalue weighted by Gasteiger charge is 2.38. The molecule has 1 aromatic carbocycles. The summed E-state index contributed by atoms with van der Waals surface area (Å²) in [5, 5.41) is 4.53.